The minimum absolute atomic E-state index is 0.181. The van der Waals surface area contributed by atoms with E-state index in [1.807, 2.05) is 19.2 Å². The van der Waals surface area contributed by atoms with Gasteiger partial charge in [-0.05, 0) is 66.6 Å². The number of hydrogen-bond acceptors (Lipinski definition) is 4. The summed E-state index contributed by atoms with van der Waals surface area (Å²) in [6.45, 7) is 2.77. The van der Waals surface area contributed by atoms with Gasteiger partial charge in [0.1, 0.15) is 5.75 Å². The van der Waals surface area contributed by atoms with E-state index in [2.05, 4.69) is 52.8 Å². The van der Waals surface area contributed by atoms with Gasteiger partial charge in [-0.2, -0.15) is 5.26 Å². The van der Waals surface area contributed by atoms with Gasteiger partial charge >= 0.3 is 0 Å². The maximum Gasteiger partial charge on any atom is 0.251 e. The molecule has 1 fully saturated rings. The van der Waals surface area contributed by atoms with Crippen molar-refractivity contribution in [1.29, 1.82) is 5.26 Å². The number of rotatable bonds is 5. The fourth-order valence-electron chi connectivity index (χ4n) is 4.57. The molecule has 0 saturated heterocycles. The van der Waals surface area contributed by atoms with Crippen molar-refractivity contribution in [2.75, 3.05) is 6.61 Å². The van der Waals surface area contributed by atoms with Gasteiger partial charge in [-0.1, -0.05) is 30.3 Å². The van der Waals surface area contributed by atoms with Crippen molar-refractivity contribution in [3.05, 3.63) is 94.8 Å². The summed E-state index contributed by atoms with van der Waals surface area (Å²) in [6, 6.07) is 22.5. The van der Waals surface area contributed by atoms with Gasteiger partial charge in [0.25, 0.3) is 5.91 Å². The number of benzene rings is 2. The van der Waals surface area contributed by atoms with Gasteiger partial charge in [0, 0.05) is 23.7 Å². The molecular weight excluding hydrogens is 398 g/mol. The minimum Gasteiger partial charge on any atom is -0.493 e. The first-order valence-corrected chi connectivity index (χ1v) is 11.0. The van der Waals surface area contributed by atoms with Crippen LogP contribution in [0.1, 0.15) is 64.3 Å². The molecule has 5 nitrogen and oxygen atoms in total. The summed E-state index contributed by atoms with van der Waals surface area (Å²) in [5, 5.41) is 12.6. The Labute approximate surface area is 188 Å². The molecule has 2 aliphatic rings. The number of nitrogens with zero attached hydrogens (tertiary/aromatic N) is 2. The van der Waals surface area contributed by atoms with E-state index in [0.29, 0.717) is 42.7 Å². The second-order valence-electron chi connectivity index (χ2n) is 8.88. The van der Waals surface area contributed by atoms with Gasteiger partial charge in [-0.3, -0.25) is 9.78 Å². The predicted molar refractivity (Wildman–Crippen MR) is 121 cm³/mol. The lowest BCUT2D eigenvalue weighted by Crippen LogP contribution is -2.29. The molecule has 2 heterocycles. The van der Waals surface area contributed by atoms with Crippen LogP contribution >= 0.6 is 0 Å². The molecule has 5 rings (SSSR count). The molecule has 0 unspecified atom stereocenters. The van der Waals surface area contributed by atoms with Crippen LogP contribution < -0.4 is 10.1 Å². The summed E-state index contributed by atoms with van der Waals surface area (Å²) in [4.78, 5) is 17.3. The van der Waals surface area contributed by atoms with Crippen molar-refractivity contribution in [3.63, 3.8) is 0 Å². The van der Waals surface area contributed by atoms with E-state index in [-0.39, 0.29) is 5.91 Å². The number of fused-ring (bicyclic) bond motifs is 1. The Kier molecular flexibility index (Phi) is 5.14. The first-order valence-electron chi connectivity index (χ1n) is 11.0. The summed E-state index contributed by atoms with van der Waals surface area (Å²) in [5.41, 5.74) is 4.16. The summed E-state index contributed by atoms with van der Waals surface area (Å²) in [6.07, 6.45) is 3.59. The third-order valence-electron chi connectivity index (χ3n) is 6.66. The third-order valence-corrected chi connectivity index (χ3v) is 6.66. The van der Waals surface area contributed by atoms with Crippen molar-refractivity contribution in [2.45, 2.75) is 43.6 Å². The molecule has 1 aliphatic carbocycles. The van der Waals surface area contributed by atoms with Crippen LogP contribution in [0.2, 0.25) is 0 Å². The van der Waals surface area contributed by atoms with Crippen molar-refractivity contribution >= 4 is 5.91 Å². The number of carbonyl (C=O) groups is 1. The molecular formula is C27H25N3O2. The highest BCUT2D eigenvalue weighted by molar-refractivity contribution is 5.94. The molecule has 1 aromatic heterocycles. The van der Waals surface area contributed by atoms with Crippen molar-refractivity contribution in [2.24, 2.45) is 0 Å². The zero-order chi connectivity index (χ0) is 22.1. The van der Waals surface area contributed by atoms with Gasteiger partial charge in [-0.25, -0.2) is 0 Å². The quantitative estimate of drug-likeness (QED) is 0.637. The lowest BCUT2D eigenvalue weighted by atomic mass is 9.78. The van der Waals surface area contributed by atoms with Crippen LogP contribution in [0.15, 0.2) is 66.9 Å². The molecule has 3 atom stereocenters. The number of hydrogen-bond donors (Lipinski definition) is 1. The van der Waals surface area contributed by atoms with E-state index < -0.39 is 5.41 Å². The third kappa shape index (κ3) is 3.85. The molecule has 1 amide bonds. The fraction of sp³-hybridized carbons (Fsp3) is 0.296. The van der Waals surface area contributed by atoms with Crippen LogP contribution in [0.4, 0.5) is 0 Å². The minimum atomic E-state index is -0.640. The molecule has 0 spiro atoms. The first kappa shape index (κ1) is 20.3. The van der Waals surface area contributed by atoms with Crippen molar-refractivity contribution in [3.8, 4) is 11.8 Å². The Bertz CT molecular complexity index is 1200. The number of pyridine rings is 1. The fourth-order valence-corrected chi connectivity index (χ4v) is 4.57. The largest absolute Gasteiger partial charge is 0.493 e. The number of nitrogens with one attached hydrogen (secondary N) is 1. The lowest BCUT2D eigenvalue weighted by molar-refractivity contribution is 0.0950. The number of carbonyl (C=O) groups excluding carboxylic acids is 1. The maximum absolute atomic E-state index is 12.8. The van der Waals surface area contributed by atoms with Gasteiger partial charge in [-0.15, -0.1) is 0 Å². The maximum atomic E-state index is 12.8. The highest BCUT2D eigenvalue weighted by Gasteiger charge is 2.39. The number of nitriles is 1. The standard InChI is InChI=1S/C27H25N3O2/c1-27(17-28)10-12-32-25-8-7-20(14-24(25)27)26(31)30-16-21-13-19(9-11-29-21)23-15-22(23)18-5-3-2-4-6-18/h2-9,11,13-14,22-23H,10,12,15-16H2,1H3,(H,30,31)/t22-,23-,27-/m0/s1. The van der Waals surface area contributed by atoms with E-state index in [4.69, 9.17) is 4.74 Å². The zero-order valence-corrected chi connectivity index (χ0v) is 18.0. The van der Waals surface area contributed by atoms with Gasteiger partial charge in [0.05, 0.1) is 30.3 Å². The van der Waals surface area contributed by atoms with Crippen LogP contribution in [-0.4, -0.2) is 17.5 Å². The molecule has 32 heavy (non-hydrogen) atoms. The second-order valence-corrected chi connectivity index (χ2v) is 8.88. The number of amides is 1. The Morgan fingerprint density at radius 3 is 2.78 bits per heavy atom. The van der Waals surface area contributed by atoms with E-state index >= 15 is 0 Å². The van der Waals surface area contributed by atoms with Gasteiger partial charge in [0.15, 0.2) is 0 Å². The Balaban J connectivity index is 1.26. The van der Waals surface area contributed by atoms with E-state index in [1.165, 1.54) is 11.1 Å². The Morgan fingerprint density at radius 2 is 1.97 bits per heavy atom. The summed E-state index contributed by atoms with van der Waals surface area (Å²) < 4.78 is 5.67. The Hall–Kier alpha value is -3.65. The van der Waals surface area contributed by atoms with E-state index in [9.17, 15) is 10.1 Å². The topological polar surface area (TPSA) is 75.0 Å². The molecule has 2 aromatic carbocycles. The van der Waals surface area contributed by atoms with Crippen LogP contribution in [0.25, 0.3) is 0 Å². The van der Waals surface area contributed by atoms with Crippen LogP contribution in [0, 0.1) is 11.3 Å². The monoisotopic (exact) mass is 423 g/mol. The second kappa shape index (κ2) is 8.12. The summed E-state index contributed by atoms with van der Waals surface area (Å²) >= 11 is 0. The molecule has 1 N–H and O–H groups in total. The first-order chi connectivity index (χ1) is 15.6. The van der Waals surface area contributed by atoms with Crippen molar-refractivity contribution in [1.82, 2.24) is 10.3 Å². The number of aromatic nitrogens is 1. The highest BCUT2D eigenvalue weighted by Crippen LogP contribution is 2.54. The van der Waals surface area contributed by atoms with E-state index in [1.54, 1.807) is 18.2 Å². The smallest absolute Gasteiger partial charge is 0.251 e. The van der Waals surface area contributed by atoms with Gasteiger partial charge in [0.2, 0.25) is 0 Å². The summed E-state index contributed by atoms with van der Waals surface area (Å²) in [5.74, 6) is 1.58. The lowest BCUT2D eigenvalue weighted by Gasteiger charge is -2.30. The normalized spacial score (nSPS) is 23.4. The molecule has 1 saturated carbocycles. The molecule has 3 aromatic rings. The van der Waals surface area contributed by atoms with Crippen molar-refractivity contribution < 1.29 is 9.53 Å². The predicted octanol–water partition coefficient (Wildman–Crippen LogP) is 4.85. The van der Waals surface area contributed by atoms with Gasteiger partial charge < -0.3 is 10.1 Å². The van der Waals surface area contributed by atoms with Crippen LogP contribution in [0.3, 0.4) is 0 Å². The highest BCUT2D eigenvalue weighted by atomic mass is 16.5. The molecule has 160 valence electrons. The number of ether oxygens (including phenoxy) is 1. The summed E-state index contributed by atoms with van der Waals surface area (Å²) in [7, 11) is 0. The molecule has 0 radical (unpaired) electrons. The Morgan fingerprint density at radius 1 is 1.16 bits per heavy atom. The average Bonchev–Trinajstić information content (AvgIpc) is 3.64. The zero-order valence-electron chi connectivity index (χ0n) is 18.0. The SMILES string of the molecule is C[C@@]1(C#N)CCOc2ccc(C(=O)NCc3cc([C@@H]4C[C@H]4c4ccccc4)ccn3)cc21. The molecule has 5 heteroatoms. The molecule has 1 aliphatic heterocycles. The van der Waals surface area contributed by atoms with Crippen LogP contribution in [0.5, 0.6) is 5.75 Å². The molecule has 0 bridgehead atoms. The van der Waals surface area contributed by atoms with Crippen LogP contribution in [-0.2, 0) is 12.0 Å². The van der Waals surface area contributed by atoms with E-state index in [0.717, 1.165) is 17.7 Å². The average molecular weight is 424 g/mol.